The van der Waals surface area contributed by atoms with E-state index in [-0.39, 0.29) is 0 Å². The lowest BCUT2D eigenvalue weighted by Gasteiger charge is -2.26. The summed E-state index contributed by atoms with van der Waals surface area (Å²) in [6, 6.07) is 12.4. The molecule has 172 valence electrons. The van der Waals surface area contributed by atoms with E-state index in [2.05, 4.69) is 60.9 Å². The summed E-state index contributed by atoms with van der Waals surface area (Å²) in [5.74, 6) is 1.72. The number of piperidine rings is 1. The first-order valence-corrected chi connectivity index (χ1v) is 12.2. The largest absolute Gasteiger partial charge is 0.492 e. The first-order valence-electron chi connectivity index (χ1n) is 11.8. The van der Waals surface area contributed by atoms with Gasteiger partial charge in [-0.3, -0.25) is 4.90 Å². The highest BCUT2D eigenvalue weighted by atomic mass is 32.1. The minimum absolute atomic E-state index is 0.652. The molecule has 0 saturated carbocycles. The molecule has 1 fully saturated rings. The van der Waals surface area contributed by atoms with Gasteiger partial charge in [-0.25, -0.2) is 9.97 Å². The third-order valence-electron chi connectivity index (χ3n) is 6.33. The SMILES string of the molecule is CCn1c(=S)[nH]c2cc3c(NCc4cccc(OCCN5CCCCC5)c4)ncnc3cc21. The van der Waals surface area contributed by atoms with E-state index in [0.29, 0.717) is 6.54 Å². The maximum atomic E-state index is 6.03. The maximum Gasteiger partial charge on any atom is 0.178 e. The fraction of sp³-hybridized carbons (Fsp3) is 0.400. The van der Waals surface area contributed by atoms with Crippen LogP contribution in [-0.4, -0.2) is 50.7 Å². The number of nitrogens with zero attached hydrogens (tertiary/aromatic N) is 4. The van der Waals surface area contributed by atoms with Crippen LogP contribution in [0.5, 0.6) is 5.75 Å². The molecule has 2 aromatic heterocycles. The van der Waals surface area contributed by atoms with E-state index < -0.39 is 0 Å². The van der Waals surface area contributed by atoms with Crippen LogP contribution in [0.1, 0.15) is 31.7 Å². The summed E-state index contributed by atoms with van der Waals surface area (Å²) < 4.78 is 8.84. The van der Waals surface area contributed by atoms with E-state index in [1.807, 2.05) is 12.1 Å². The maximum absolute atomic E-state index is 6.03. The average molecular weight is 463 g/mol. The fourth-order valence-corrected chi connectivity index (χ4v) is 4.91. The molecular formula is C25H30N6OS. The van der Waals surface area contributed by atoms with Crippen LogP contribution in [0.2, 0.25) is 0 Å². The summed E-state index contributed by atoms with van der Waals surface area (Å²) in [6.07, 6.45) is 5.58. The minimum atomic E-state index is 0.652. The van der Waals surface area contributed by atoms with Crippen molar-refractivity contribution in [3.05, 3.63) is 53.1 Å². The van der Waals surface area contributed by atoms with Gasteiger partial charge in [-0.05, 0) is 74.9 Å². The number of likely N-dealkylation sites (tertiary alicyclic amines) is 1. The zero-order valence-corrected chi connectivity index (χ0v) is 19.8. The average Bonchev–Trinajstić information content (AvgIpc) is 3.16. The van der Waals surface area contributed by atoms with E-state index in [0.717, 1.165) is 63.5 Å². The molecule has 33 heavy (non-hydrogen) atoms. The molecule has 0 unspecified atom stereocenters. The van der Waals surface area contributed by atoms with Gasteiger partial charge in [0.1, 0.15) is 24.5 Å². The Morgan fingerprint density at radius 3 is 2.85 bits per heavy atom. The number of fused-ring (bicyclic) bond motifs is 2. The molecule has 8 heteroatoms. The van der Waals surface area contributed by atoms with Crippen LogP contribution < -0.4 is 10.1 Å². The molecule has 1 aliphatic heterocycles. The Morgan fingerprint density at radius 2 is 2.00 bits per heavy atom. The molecule has 0 aliphatic carbocycles. The molecule has 1 saturated heterocycles. The normalized spacial score (nSPS) is 14.7. The monoisotopic (exact) mass is 462 g/mol. The number of H-pyrrole nitrogens is 1. The molecule has 5 rings (SSSR count). The van der Waals surface area contributed by atoms with Gasteiger partial charge >= 0.3 is 0 Å². The van der Waals surface area contributed by atoms with Gasteiger partial charge < -0.3 is 19.6 Å². The molecule has 2 aromatic carbocycles. The van der Waals surface area contributed by atoms with E-state index in [4.69, 9.17) is 17.0 Å². The molecule has 4 aromatic rings. The molecule has 7 nitrogen and oxygen atoms in total. The lowest BCUT2D eigenvalue weighted by Crippen LogP contribution is -2.33. The Balaban J connectivity index is 1.28. The highest BCUT2D eigenvalue weighted by molar-refractivity contribution is 7.71. The van der Waals surface area contributed by atoms with Crippen LogP contribution in [0, 0.1) is 4.77 Å². The highest BCUT2D eigenvalue weighted by Crippen LogP contribution is 2.26. The van der Waals surface area contributed by atoms with Crippen LogP contribution in [-0.2, 0) is 13.1 Å². The van der Waals surface area contributed by atoms with E-state index in [1.54, 1.807) is 6.33 Å². The van der Waals surface area contributed by atoms with Crippen LogP contribution in [0.3, 0.4) is 0 Å². The van der Waals surface area contributed by atoms with Crippen molar-refractivity contribution in [1.29, 1.82) is 0 Å². The van der Waals surface area contributed by atoms with Crippen molar-refractivity contribution in [2.45, 2.75) is 39.3 Å². The van der Waals surface area contributed by atoms with Crippen LogP contribution in [0.15, 0.2) is 42.7 Å². The molecular weight excluding hydrogens is 432 g/mol. The third-order valence-corrected chi connectivity index (χ3v) is 6.65. The van der Waals surface area contributed by atoms with Crippen LogP contribution in [0.25, 0.3) is 21.9 Å². The number of aromatic amines is 1. The Labute approximate surface area is 198 Å². The van der Waals surface area contributed by atoms with Crippen molar-refractivity contribution in [2.24, 2.45) is 0 Å². The second kappa shape index (κ2) is 9.89. The Hall–Kier alpha value is -2.97. The first kappa shape index (κ1) is 21.9. The number of ether oxygens (including phenoxy) is 1. The number of anilines is 1. The van der Waals surface area contributed by atoms with E-state index in [1.165, 1.54) is 32.4 Å². The molecule has 0 atom stereocenters. The molecule has 0 amide bonds. The molecule has 2 N–H and O–H groups in total. The lowest BCUT2D eigenvalue weighted by atomic mass is 10.1. The van der Waals surface area contributed by atoms with Crippen molar-refractivity contribution in [2.75, 3.05) is 31.6 Å². The zero-order valence-electron chi connectivity index (χ0n) is 19.0. The van der Waals surface area contributed by atoms with Gasteiger partial charge in [-0.1, -0.05) is 18.6 Å². The standard InChI is InChI=1S/C25H30N6OS/c1-2-31-23-15-21-20(14-22(23)29-25(31)33)24(28-17-27-21)26-16-18-7-6-8-19(13-18)32-12-11-30-9-4-3-5-10-30/h6-8,13-15,17H,2-5,9-12,16H2,1H3,(H,29,33)(H,26,27,28). The Bertz CT molecular complexity index is 1310. The number of hydrogen-bond donors (Lipinski definition) is 2. The molecule has 3 heterocycles. The van der Waals surface area contributed by atoms with Gasteiger partial charge in [0.15, 0.2) is 4.77 Å². The van der Waals surface area contributed by atoms with Gasteiger partial charge in [0.05, 0.1) is 16.6 Å². The molecule has 0 spiro atoms. The molecule has 0 radical (unpaired) electrons. The Kier molecular flexibility index (Phi) is 6.55. The quantitative estimate of drug-likeness (QED) is 0.353. The second-order valence-corrected chi connectivity index (χ2v) is 8.92. The van der Waals surface area contributed by atoms with Gasteiger partial charge in [-0.2, -0.15) is 0 Å². The number of benzene rings is 2. The number of imidazole rings is 1. The number of aromatic nitrogens is 4. The summed E-state index contributed by atoms with van der Waals surface area (Å²) in [6.45, 7) is 7.67. The topological polar surface area (TPSA) is 71.0 Å². The first-order chi connectivity index (χ1) is 16.2. The molecule has 0 bridgehead atoms. The van der Waals surface area contributed by atoms with Gasteiger partial charge in [0.2, 0.25) is 0 Å². The highest BCUT2D eigenvalue weighted by Gasteiger charge is 2.11. The summed E-state index contributed by atoms with van der Waals surface area (Å²) in [7, 11) is 0. The number of aryl methyl sites for hydroxylation is 1. The van der Waals surface area contributed by atoms with Crippen molar-refractivity contribution >= 4 is 40.0 Å². The number of nitrogens with one attached hydrogen (secondary N) is 2. The molecule has 1 aliphatic rings. The van der Waals surface area contributed by atoms with Crippen molar-refractivity contribution in [3.8, 4) is 5.75 Å². The van der Waals surface area contributed by atoms with Crippen LogP contribution in [0.4, 0.5) is 5.82 Å². The number of rotatable bonds is 8. The summed E-state index contributed by atoms with van der Waals surface area (Å²) in [5.41, 5.74) is 4.10. The summed E-state index contributed by atoms with van der Waals surface area (Å²) in [4.78, 5) is 14.8. The van der Waals surface area contributed by atoms with Crippen molar-refractivity contribution < 1.29 is 4.74 Å². The zero-order chi connectivity index (χ0) is 22.6. The number of hydrogen-bond acceptors (Lipinski definition) is 6. The Morgan fingerprint density at radius 1 is 1.12 bits per heavy atom. The van der Waals surface area contributed by atoms with Crippen LogP contribution >= 0.6 is 12.2 Å². The smallest absolute Gasteiger partial charge is 0.178 e. The second-order valence-electron chi connectivity index (χ2n) is 8.53. The van der Waals surface area contributed by atoms with Gasteiger partial charge in [0, 0.05) is 25.0 Å². The summed E-state index contributed by atoms with van der Waals surface area (Å²) >= 11 is 5.46. The fourth-order valence-electron chi connectivity index (χ4n) is 4.57. The van der Waals surface area contributed by atoms with Gasteiger partial charge in [-0.15, -0.1) is 0 Å². The van der Waals surface area contributed by atoms with E-state index >= 15 is 0 Å². The predicted molar refractivity (Wildman–Crippen MR) is 135 cm³/mol. The lowest BCUT2D eigenvalue weighted by molar-refractivity contribution is 0.183. The minimum Gasteiger partial charge on any atom is -0.492 e. The predicted octanol–water partition coefficient (Wildman–Crippen LogP) is 5.14. The summed E-state index contributed by atoms with van der Waals surface area (Å²) in [5, 5.41) is 4.45. The van der Waals surface area contributed by atoms with Crippen molar-refractivity contribution in [3.63, 3.8) is 0 Å². The van der Waals surface area contributed by atoms with E-state index in [9.17, 15) is 0 Å². The third kappa shape index (κ3) is 4.86. The van der Waals surface area contributed by atoms with Crippen molar-refractivity contribution in [1.82, 2.24) is 24.4 Å². The van der Waals surface area contributed by atoms with Gasteiger partial charge in [0.25, 0.3) is 0 Å².